The van der Waals surface area contributed by atoms with Crippen molar-refractivity contribution >= 4 is 10.0 Å². The van der Waals surface area contributed by atoms with Gasteiger partial charge in [-0.15, -0.1) is 5.10 Å². The van der Waals surface area contributed by atoms with E-state index < -0.39 is 21.4 Å². The summed E-state index contributed by atoms with van der Waals surface area (Å²) in [5, 5.41) is 12.6. The van der Waals surface area contributed by atoms with Gasteiger partial charge in [-0.2, -0.15) is 4.31 Å². The van der Waals surface area contributed by atoms with Gasteiger partial charge in [-0.3, -0.25) is 4.90 Å². The van der Waals surface area contributed by atoms with Crippen LogP contribution in [0.1, 0.15) is 56.0 Å². The van der Waals surface area contributed by atoms with Crippen LogP contribution in [0.4, 0.5) is 4.39 Å². The molecule has 2 fully saturated rings. The largest absolute Gasteiger partial charge is 0.296 e. The van der Waals surface area contributed by atoms with Gasteiger partial charge in [0, 0.05) is 13.1 Å². The van der Waals surface area contributed by atoms with Gasteiger partial charge in [-0.1, -0.05) is 12.8 Å². The average molecular weight is 437 g/mol. The molecule has 164 valence electrons. The van der Waals surface area contributed by atoms with E-state index in [-0.39, 0.29) is 17.5 Å². The number of nitrogens with zero attached hydrogens (tertiary/aromatic N) is 6. The van der Waals surface area contributed by atoms with Crippen LogP contribution in [-0.4, -0.2) is 65.0 Å². The molecule has 0 N–H and O–H groups in total. The molecule has 1 aliphatic carbocycles. The summed E-state index contributed by atoms with van der Waals surface area (Å²) >= 11 is 0. The molecule has 0 bridgehead atoms. The summed E-state index contributed by atoms with van der Waals surface area (Å²) in [6.07, 6.45) is 5.85. The van der Waals surface area contributed by atoms with E-state index in [1.54, 1.807) is 6.92 Å². The van der Waals surface area contributed by atoms with Crippen molar-refractivity contribution in [2.45, 2.75) is 61.9 Å². The molecule has 8 nitrogen and oxygen atoms in total. The van der Waals surface area contributed by atoms with Crippen molar-refractivity contribution < 1.29 is 12.8 Å². The third-order valence-electron chi connectivity index (χ3n) is 6.64. The summed E-state index contributed by atoms with van der Waals surface area (Å²) in [6.45, 7) is 2.25. The maximum absolute atomic E-state index is 13.7. The Hall–Kier alpha value is -1.91. The van der Waals surface area contributed by atoms with Crippen molar-refractivity contribution in [1.29, 1.82) is 0 Å². The first-order valence-electron chi connectivity index (χ1n) is 10.5. The van der Waals surface area contributed by atoms with Gasteiger partial charge >= 0.3 is 0 Å². The number of benzene rings is 1. The molecule has 1 saturated carbocycles. The molecule has 2 aliphatic rings. The topological polar surface area (TPSA) is 84.2 Å². The molecule has 1 saturated heterocycles. The second-order valence-corrected chi connectivity index (χ2v) is 10.6. The molecule has 1 atom stereocenters. The van der Waals surface area contributed by atoms with Gasteiger partial charge in [-0.25, -0.2) is 17.5 Å². The van der Waals surface area contributed by atoms with E-state index in [0.29, 0.717) is 18.5 Å². The lowest BCUT2D eigenvalue weighted by molar-refractivity contribution is 0.0622. The lowest BCUT2D eigenvalue weighted by Crippen LogP contribution is -2.56. The number of piperidine rings is 1. The number of hydrogen-bond acceptors (Lipinski definition) is 6. The molecule has 30 heavy (non-hydrogen) atoms. The minimum absolute atomic E-state index is 0.117. The van der Waals surface area contributed by atoms with Crippen LogP contribution in [0.5, 0.6) is 0 Å². The summed E-state index contributed by atoms with van der Waals surface area (Å²) in [6, 6.07) is 4.22. The van der Waals surface area contributed by atoms with Crippen molar-refractivity contribution in [1.82, 2.24) is 29.4 Å². The van der Waals surface area contributed by atoms with E-state index in [1.165, 1.54) is 22.5 Å². The maximum atomic E-state index is 13.7. The number of halogens is 1. The number of tetrazole rings is 1. The Morgan fingerprint density at radius 1 is 1.20 bits per heavy atom. The first-order valence-corrected chi connectivity index (χ1v) is 11.9. The zero-order valence-electron chi connectivity index (χ0n) is 17.8. The van der Waals surface area contributed by atoms with Crippen LogP contribution in [0.3, 0.4) is 0 Å². The molecule has 0 spiro atoms. The van der Waals surface area contributed by atoms with E-state index in [0.717, 1.165) is 37.9 Å². The van der Waals surface area contributed by atoms with Crippen molar-refractivity contribution in [3.8, 4) is 0 Å². The Kier molecular flexibility index (Phi) is 5.67. The molecule has 4 rings (SSSR count). The zero-order chi connectivity index (χ0) is 21.5. The Morgan fingerprint density at radius 2 is 1.93 bits per heavy atom. The molecule has 10 heteroatoms. The van der Waals surface area contributed by atoms with Gasteiger partial charge < -0.3 is 0 Å². The highest BCUT2D eigenvalue weighted by molar-refractivity contribution is 7.89. The molecule has 2 heterocycles. The molecule has 1 aromatic heterocycles. The molecule has 1 aromatic carbocycles. The van der Waals surface area contributed by atoms with E-state index in [2.05, 4.69) is 15.5 Å². The fourth-order valence-corrected chi connectivity index (χ4v) is 6.39. The monoisotopic (exact) mass is 436 g/mol. The molecular weight excluding hydrogens is 407 g/mol. The summed E-state index contributed by atoms with van der Waals surface area (Å²) in [7, 11) is 0.134. The first kappa shape index (κ1) is 21.3. The number of aromatic nitrogens is 4. The van der Waals surface area contributed by atoms with E-state index in [4.69, 9.17) is 0 Å². The van der Waals surface area contributed by atoms with Gasteiger partial charge in [0.1, 0.15) is 5.82 Å². The molecular formula is C20H29FN6O2S. The minimum Gasteiger partial charge on any atom is -0.296 e. The summed E-state index contributed by atoms with van der Waals surface area (Å²) in [5.41, 5.74) is -0.302. The number of likely N-dealkylation sites (N-methyl/N-ethyl adjacent to an activating group) is 1. The van der Waals surface area contributed by atoms with Crippen molar-refractivity contribution in [3.63, 3.8) is 0 Å². The fraction of sp³-hybridized carbons (Fsp3) is 0.650. The van der Waals surface area contributed by atoms with Crippen molar-refractivity contribution in [2.24, 2.45) is 0 Å². The number of rotatable bonds is 5. The molecule has 0 radical (unpaired) electrons. The minimum atomic E-state index is -3.77. The van der Waals surface area contributed by atoms with Crippen molar-refractivity contribution in [2.75, 3.05) is 27.2 Å². The SMILES string of the molecule is Cc1cc(S(=O)(=O)N2CCCC(c3nnnn3C3CCCC3)(N(C)C)C2)ccc1F. The van der Waals surface area contributed by atoms with Gasteiger partial charge in [0.05, 0.1) is 16.5 Å². The van der Waals surface area contributed by atoms with Crippen LogP contribution in [0, 0.1) is 12.7 Å². The number of sulfonamides is 1. The van der Waals surface area contributed by atoms with Crippen LogP contribution >= 0.6 is 0 Å². The van der Waals surface area contributed by atoms with Crippen LogP contribution in [0.15, 0.2) is 23.1 Å². The number of aryl methyl sites for hydroxylation is 1. The van der Waals surface area contributed by atoms with E-state index in [1.807, 2.05) is 23.7 Å². The summed E-state index contributed by atoms with van der Waals surface area (Å²) < 4.78 is 43.9. The highest BCUT2D eigenvalue weighted by Crippen LogP contribution is 2.39. The smallest absolute Gasteiger partial charge is 0.243 e. The van der Waals surface area contributed by atoms with Gasteiger partial charge in [-0.05, 0) is 80.9 Å². The maximum Gasteiger partial charge on any atom is 0.243 e. The molecule has 2 aromatic rings. The first-order chi connectivity index (χ1) is 14.3. The second-order valence-electron chi connectivity index (χ2n) is 8.66. The lowest BCUT2D eigenvalue weighted by Gasteiger charge is -2.45. The molecule has 0 amide bonds. The lowest BCUT2D eigenvalue weighted by atomic mass is 9.87. The van der Waals surface area contributed by atoms with Gasteiger partial charge in [0.15, 0.2) is 5.82 Å². The highest BCUT2D eigenvalue weighted by atomic mass is 32.2. The normalized spacial score (nSPS) is 24.0. The van der Waals surface area contributed by atoms with Crippen LogP contribution in [0.2, 0.25) is 0 Å². The van der Waals surface area contributed by atoms with E-state index in [9.17, 15) is 12.8 Å². The third-order valence-corrected chi connectivity index (χ3v) is 8.48. The van der Waals surface area contributed by atoms with Gasteiger partial charge in [0.25, 0.3) is 0 Å². The van der Waals surface area contributed by atoms with E-state index >= 15 is 0 Å². The van der Waals surface area contributed by atoms with Gasteiger partial charge in [0.2, 0.25) is 10.0 Å². The summed E-state index contributed by atoms with van der Waals surface area (Å²) in [4.78, 5) is 2.16. The Morgan fingerprint density at radius 3 is 2.60 bits per heavy atom. The summed E-state index contributed by atoms with van der Waals surface area (Å²) in [5.74, 6) is 0.320. The molecule has 1 aliphatic heterocycles. The van der Waals surface area contributed by atoms with Crippen LogP contribution in [-0.2, 0) is 15.6 Å². The third kappa shape index (κ3) is 3.54. The Bertz CT molecular complexity index is 1020. The standard InChI is InChI=1S/C20H29FN6O2S/c1-15-13-17(9-10-18(15)21)30(28,29)26-12-6-11-20(14-26,25(2)3)19-22-23-24-27(19)16-7-4-5-8-16/h9-10,13,16H,4-8,11-12,14H2,1-3H3. The van der Waals surface area contributed by atoms with Crippen molar-refractivity contribution in [3.05, 3.63) is 35.4 Å². The predicted octanol–water partition coefficient (Wildman–Crippen LogP) is 2.48. The Balaban J connectivity index is 1.71. The zero-order valence-corrected chi connectivity index (χ0v) is 18.6. The Labute approximate surface area is 177 Å². The van der Waals surface area contributed by atoms with Crippen LogP contribution in [0.25, 0.3) is 0 Å². The van der Waals surface area contributed by atoms with Crippen LogP contribution < -0.4 is 0 Å². The number of hydrogen-bond donors (Lipinski definition) is 0. The quantitative estimate of drug-likeness (QED) is 0.716. The average Bonchev–Trinajstić information content (AvgIpc) is 3.41. The predicted molar refractivity (Wildman–Crippen MR) is 110 cm³/mol. The molecule has 1 unspecified atom stereocenters. The second kappa shape index (κ2) is 7.97. The highest BCUT2D eigenvalue weighted by Gasteiger charge is 2.47. The fourth-order valence-electron chi connectivity index (χ4n) is 4.77.